The van der Waals surface area contributed by atoms with Crippen molar-refractivity contribution >= 4 is 68.1 Å². The predicted octanol–water partition coefficient (Wildman–Crippen LogP) is 6.60. The summed E-state index contributed by atoms with van der Waals surface area (Å²) >= 11 is 27.4. The lowest BCUT2D eigenvalue weighted by Gasteiger charge is -2.10. The van der Waals surface area contributed by atoms with E-state index in [4.69, 9.17) is 46.4 Å². The standard InChI is InChI=1S/C14H7BrCl4O/c1-6-4-7(2-3-8(6)15)14(20)11-9(16)5-10(17)12(18)13(11)19/h2-5H,1H3. The summed E-state index contributed by atoms with van der Waals surface area (Å²) in [7, 11) is 0. The maximum atomic E-state index is 12.5. The normalized spacial score (nSPS) is 10.7. The fourth-order valence-corrected chi connectivity index (χ4v) is 3.04. The first-order valence-electron chi connectivity index (χ1n) is 5.46. The van der Waals surface area contributed by atoms with Gasteiger partial charge in [0.1, 0.15) is 0 Å². The van der Waals surface area contributed by atoms with Gasteiger partial charge in [-0.05, 0) is 36.8 Å². The van der Waals surface area contributed by atoms with E-state index in [1.54, 1.807) is 18.2 Å². The van der Waals surface area contributed by atoms with Crippen LogP contribution in [0.15, 0.2) is 28.7 Å². The zero-order valence-corrected chi connectivity index (χ0v) is 14.7. The number of halogens is 5. The molecule has 0 bridgehead atoms. The fraction of sp³-hybridized carbons (Fsp3) is 0.0714. The molecule has 0 saturated heterocycles. The van der Waals surface area contributed by atoms with Gasteiger partial charge in [0.2, 0.25) is 0 Å². The zero-order valence-electron chi connectivity index (χ0n) is 10.1. The van der Waals surface area contributed by atoms with Crippen molar-refractivity contribution in [2.24, 2.45) is 0 Å². The van der Waals surface area contributed by atoms with Crippen molar-refractivity contribution in [3.8, 4) is 0 Å². The highest BCUT2D eigenvalue weighted by atomic mass is 79.9. The molecule has 0 atom stereocenters. The maximum Gasteiger partial charge on any atom is 0.196 e. The van der Waals surface area contributed by atoms with Crippen molar-refractivity contribution in [1.29, 1.82) is 0 Å². The first-order chi connectivity index (χ1) is 9.32. The van der Waals surface area contributed by atoms with Gasteiger partial charge in [0, 0.05) is 10.0 Å². The van der Waals surface area contributed by atoms with Crippen LogP contribution in [0.3, 0.4) is 0 Å². The van der Waals surface area contributed by atoms with Gasteiger partial charge in [-0.15, -0.1) is 0 Å². The molecule has 0 spiro atoms. The van der Waals surface area contributed by atoms with Crippen LogP contribution in [0.5, 0.6) is 0 Å². The molecule has 0 fully saturated rings. The van der Waals surface area contributed by atoms with Crippen molar-refractivity contribution in [2.45, 2.75) is 6.92 Å². The van der Waals surface area contributed by atoms with Crippen LogP contribution >= 0.6 is 62.3 Å². The Balaban J connectivity index is 2.59. The second-order valence-electron chi connectivity index (χ2n) is 4.14. The lowest BCUT2D eigenvalue weighted by Crippen LogP contribution is -2.04. The van der Waals surface area contributed by atoms with E-state index >= 15 is 0 Å². The van der Waals surface area contributed by atoms with Crippen LogP contribution in [0.1, 0.15) is 21.5 Å². The third-order valence-electron chi connectivity index (χ3n) is 2.76. The van der Waals surface area contributed by atoms with E-state index in [-0.39, 0.29) is 31.4 Å². The SMILES string of the molecule is Cc1cc(C(=O)c2c(Cl)cc(Cl)c(Cl)c2Cl)ccc1Br. The van der Waals surface area contributed by atoms with Crippen molar-refractivity contribution in [3.63, 3.8) is 0 Å². The Labute approximate surface area is 144 Å². The molecule has 0 saturated carbocycles. The average molecular weight is 413 g/mol. The molecule has 0 amide bonds. The van der Waals surface area contributed by atoms with E-state index in [0.717, 1.165) is 10.0 Å². The molecule has 6 heteroatoms. The minimum Gasteiger partial charge on any atom is -0.288 e. The highest BCUT2D eigenvalue weighted by Gasteiger charge is 2.21. The van der Waals surface area contributed by atoms with Crippen LogP contribution in [0.25, 0.3) is 0 Å². The van der Waals surface area contributed by atoms with Crippen molar-refractivity contribution in [2.75, 3.05) is 0 Å². The number of hydrogen-bond donors (Lipinski definition) is 0. The van der Waals surface area contributed by atoms with Crippen LogP contribution < -0.4 is 0 Å². The molecule has 0 N–H and O–H groups in total. The Morgan fingerprint density at radius 1 is 1.00 bits per heavy atom. The number of ketones is 1. The van der Waals surface area contributed by atoms with Gasteiger partial charge < -0.3 is 0 Å². The summed E-state index contributed by atoms with van der Waals surface area (Å²) in [6.07, 6.45) is 0. The fourth-order valence-electron chi connectivity index (χ4n) is 1.70. The summed E-state index contributed by atoms with van der Waals surface area (Å²) in [5.74, 6) is -0.297. The monoisotopic (exact) mass is 410 g/mol. The lowest BCUT2D eigenvalue weighted by atomic mass is 10.0. The van der Waals surface area contributed by atoms with Crippen LogP contribution in [-0.2, 0) is 0 Å². The highest BCUT2D eigenvalue weighted by molar-refractivity contribution is 9.10. The van der Waals surface area contributed by atoms with Gasteiger partial charge >= 0.3 is 0 Å². The number of rotatable bonds is 2. The van der Waals surface area contributed by atoms with E-state index < -0.39 is 0 Å². The first-order valence-corrected chi connectivity index (χ1v) is 7.77. The minimum atomic E-state index is -0.297. The first kappa shape index (κ1) is 16.1. The van der Waals surface area contributed by atoms with Crippen LogP contribution in [0, 0.1) is 6.92 Å². The number of aryl methyl sites for hydroxylation is 1. The van der Waals surface area contributed by atoms with Gasteiger partial charge in [-0.25, -0.2) is 0 Å². The smallest absolute Gasteiger partial charge is 0.196 e. The van der Waals surface area contributed by atoms with E-state index in [0.29, 0.717) is 5.56 Å². The van der Waals surface area contributed by atoms with Crippen molar-refractivity contribution in [1.82, 2.24) is 0 Å². The number of benzene rings is 2. The largest absolute Gasteiger partial charge is 0.288 e. The van der Waals surface area contributed by atoms with Crippen LogP contribution in [0.2, 0.25) is 20.1 Å². The second kappa shape index (κ2) is 6.25. The predicted molar refractivity (Wildman–Crippen MR) is 88.8 cm³/mol. The maximum absolute atomic E-state index is 12.5. The quantitative estimate of drug-likeness (QED) is 0.308. The molecular formula is C14H7BrCl4O. The summed E-state index contributed by atoms with van der Waals surface area (Å²) in [6.45, 7) is 1.89. The molecular weight excluding hydrogens is 406 g/mol. The lowest BCUT2D eigenvalue weighted by molar-refractivity contribution is 0.103. The third kappa shape index (κ3) is 3.00. The van der Waals surface area contributed by atoms with Crippen molar-refractivity contribution < 1.29 is 4.79 Å². The summed E-state index contributed by atoms with van der Waals surface area (Å²) in [5, 5.41) is 0.574. The van der Waals surface area contributed by atoms with E-state index in [2.05, 4.69) is 15.9 Å². The Morgan fingerprint density at radius 2 is 1.65 bits per heavy atom. The zero-order chi connectivity index (χ0) is 15.0. The summed E-state index contributed by atoms with van der Waals surface area (Å²) in [4.78, 5) is 12.5. The molecule has 2 aromatic carbocycles. The van der Waals surface area contributed by atoms with Gasteiger partial charge in [-0.3, -0.25) is 4.79 Å². The summed E-state index contributed by atoms with van der Waals surface area (Å²) < 4.78 is 0.917. The van der Waals surface area contributed by atoms with Gasteiger partial charge in [-0.1, -0.05) is 62.3 Å². The van der Waals surface area contributed by atoms with Crippen LogP contribution in [0.4, 0.5) is 0 Å². The van der Waals surface area contributed by atoms with E-state index in [9.17, 15) is 4.79 Å². The summed E-state index contributed by atoms with van der Waals surface area (Å²) in [6, 6.07) is 6.65. The Kier molecular flexibility index (Phi) is 5.04. The van der Waals surface area contributed by atoms with Gasteiger partial charge in [0.05, 0.1) is 25.7 Å². The Morgan fingerprint density at radius 3 is 2.25 bits per heavy atom. The molecule has 0 aliphatic heterocycles. The molecule has 0 radical (unpaired) electrons. The molecule has 20 heavy (non-hydrogen) atoms. The molecule has 1 nitrogen and oxygen atoms in total. The topological polar surface area (TPSA) is 17.1 Å². The number of carbonyl (C=O) groups is 1. The molecule has 2 aromatic rings. The number of carbonyl (C=O) groups excluding carboxylic acids is 1. The van der Waals surface area contributed by atoms with E-state index in [1.807, 2.05) is 6.92 Å². The van der Waals surface area contributed by atoms with Gasteiger partial charge in [-0.2, -0.15) is 0 Å². The van der Waals surface area contributed by atoms with Crippen molar-refractivity contribution in [3.05, 3.63) is 65.5 Å². The van der Waals surface area contributed by atoms with E-state index in [1.165, 1.54) is 6.07 Å². The molecule has 104 valence electrons. The number of hydrogen-bond acceptors (Lipinski definition) is 1. The van der Waals surface area contributed by atoms with Gasteiger partial charge in [0.25, 0.3) is 0 Å². The van der Waals surface area contributed by atoms with Crippen LogP contribution in [-0.4, -0.2) is 5.78 Å². The molecule has 0 unspecified atom stereocenters. The Hall–Kier alpha value is -0.250. The average Bonchev–Trinajstić information content (AvgIpc) is 2.39. The molecule has 0 aromatic heterocycles. The van der Waals surface area contributed by atoms with Gasteiger partial charge in [0.15, 0.2) is 5.78 Å². The third-order valence-corrected chi connectivity index (χ3v) is 5.21. The highest BCUT2D eigenvalue weighted by Crippen LogP contribution is 2.38. The molecule has 0 heterocycles. The Bertz CT molecular complexity index is 713. The summed E-state index contributed by atoms with van der Waals surface area (Å²) in [5.41, 5.74) is 1.57. The molecule has 0 aliphatic rings. The molecule has 2 rings (SSSR count). The second-order valence-corrected chi connectivity index (χ2v) is 6.56. The molecule has 0 aliphatic carbocycles. The minimum absolute atomic E-state index is 0.0646.